The quantitative estimate of drug-likeness (QED) is 0.256. The Labute approximate surface area is 223 Å². The normalized spacial score (nSPS) is 16.8. The number of para-hydroxylation sites is 1. The van der Waals surface area contributed by atoms with Crippen LogP contribution in [0.5, 0.6) is 17.2 Å². The van der Waals surface area contributed by atoms with E-state index in [1.807, 2.05) is 55.5 Å². The van der Waals surface area contributed by atoms with Gasteiger partial charge in [0.15, 0.2) is 0 Å². The molecule has 198 valence electrons. The van der Waals surface area contributed by atoms with Gasteiger partial charge in [0.1, 0.15) is 17.2 Å². The number of amides is 1. The molecule has 0 saturated carbocycles. The predicted octanol–water partition coefficient (Wildman–Crippen LogP) is 2.94. The van der Waals surface area contributed by atoms with Crippen molar-refractivity contribution >= 4 is 17.4 Å². The maximum atomic E-state index is 13.8. The Balaban J connectivity index is 1.80. The Bertz CT molecular complexity index is 1330. The summed E-state index contributed by atoms with van der Waals surface area (Å²) in [6, 6.07) is 20.8. The number of likely N-dealkylation sites (tertiary alicyclic amines) is 1. The van der Waals surface area contributed by atoms with Gasteiger partial charge in [0.2, 0.25) is 5.78 Å². The molecule has 1 unspecified atom stereocenters. The third kappa shape index (κ3) is 5.58. The molecule has 1 atom stereocenters. The van der Waals surface area contributed by atoms with Crippen LogP contribution in [0, 0.1) is 6.92 Å². The van der Waals surface area contributed by atoms with Crippen molar-refractivity contribution in [2.24, 2.45) is 0 Å². The summed E-state index contributed by atoms with van der Waals surface area (Å²) in [6.07, 6.45) is 0. The van der Waals surface area contributed by atoms with Crippen LogP contribution in [0.2, 0.25) is 0 Å². The molecule has 0 spiro atoms. The first-order valence-corrected chi connectivity index (χ1v) is 13.0. The fraction of sp³-hybridized carbons (Fsp3) is 0.290. The van der Waals surface area contributed by atoms with E-state index < -0.39 is 23.5 Å². The molecule has 38 heavy (non-hydrogen) atoms. The fourth-order valence-corrected chi connectivity index (χ4v) is 4.88. The minimum absolute atomic E-state index is 0.0361. The molecule has 7 nitrogen and oxygen atoms in total. The Morgan fingerprint density at radius 1 is 0.947 bits per heavy atom. The summed E-state index contributed by atoms with van der Waals surface area (Å²) < 4.78 is 11.3. The largest absolute Gasteiger partial charge is 0.872 e. The van der Waals surface area contributed by atoms with E-state index in [0.717, 1.165) is 18.7 Å². The smallest absolute Gasteiger partial charge is 0.295 e. The van der Waals surface area contributed by atoms with Crippen LogP contribution in [-0.4, -0.2) is 49.9 Å². The molecule has 3 aromatic carbocycles. The first-order valence-electron chi connectivity index (χ1n) is 13.0. The zero-order chi connectivity index (χ0) is 27.2. The van der Waals surface area contributed by atoms with Crippen molar-refractivity contribution in [1.82, 2.24) is 4.90 Å². The van der Waals surface area contributed by atoms with Crippen LogP contribution in [0.25, 0.3) is 5.76 Å². The van der Waals surface area contributed by atoms with Gasteiger partial charge < -0.3 is 24.4 Å². The SMILES string of the molecule is CC[NH+](CC)CCN1C(=O)C(=O)/C(=C(/[O-])c2ccc(OC)c(C)c2)C1c1cccc(Oc2ccccc2)c1. The van der Waals surface area contributed by atoms with Gasteiger partial charge >= 0.3 is 0 Å². The standard InChI is InChI=1S/C31H34N2O5/c1-5-32(6-2)17-18-33-28(22-11-10-14-25(20-22)38-24-12-8-7-9-13-24)27(30(35)31(33)36)29(34)23-15-16-26(37-4)21(3)19-23/h7-16,19-20,28,34H,5-6,17-18H2,1-4H3/b29-27+. The molecular weight excluding hydrogens is 480 g/mol. The number of Topliss-reactive ketones (excluding diaryl/α,β-unsaturated/α-hetero) is 1. The molecule has 1 aliphatic rings. The van der Waals surface area contributed by atoms with Crippen molar-refractivity contribution in [3.05, 3.63) is 95.1 Å². The van der Waals surface area contributed by atoms with E-state index in [4.69, 9.17) is 9.47 Å². The fourth-order valence-electron chi connectivity index (χ4n) is 4.88. The van der Waals surface area contributed by atoms with Gasteiger partial charge in [-0.2, -0.15) is 0 Å². The highest BCUT2D eigenvalue weighted by molar-refractivity contribution is 6.46. The number of benzene rings is 3. The zero-order valence-electron chi connectivity index (χ0n) is 22.3. The first-order chi connectivity index (χ1) is 18.4. The third-order valence-corrected chi connectivity index (χ3v) is 7.05. The molecule has 1 amide bonds. The number of carbonyl (C=O) groups is 2. The van der Waals surface area contributed by atoms with E-state index in [1.165, 1.54) is 4.90 Å². The molecule has 1 aliphatic heterocycles. The van der Waals surface area contributed by atoms with Gasteiger partial charge in [-0.3, -0.25) is 9.59 Å². The third-order valence-electron chi connectivity index (χ3n) is 7.05. The van der Waals surface area contributed by atoms with Crippen molar-refractivity contribution in [1.29, 1.82) is 0 Å². The van der Waals surface area contributed by atoms with Crippen molar-refractivity contribution in [2.75, 3.05) is 33.3 Å². The zero-order valence-corrected chi connectivity index (χ0v) is 22.3. The van der Waals surface area contributed by atoms with Crippen LogP contribution >= 0.6 is 0 Å². The van der Waals surface area contributed by atoms with Crippen LogP contribution in [-0.2, 0) is 9.59 Å². The highest BCUT2D eigenvalue weighted by Gasteiger charge is 2.44. The molecule has 0 aromatic heterocycles. The molecule has 1 N–H and O–H groups in total. The van der Waals surface area contributed by atoms with Crippen LogP contribution < -0.4 is 19.5 Å². The van der Waals surface area contributed by atoms with Gasteiger partial charge in [0, 0.05) is 5.57 Å². The number of hydrogen-bond acceptors (Lipinski definition) is 5. The number of hydrogen-bond donors (Lipinski definition) is 1. The topological polar surface area (TPSA) is 83.3 Å². The molecule has 1 fully saturated rings. The number of quaternary nitrogens is 1. The van der Waals surface area contributed by atoms with E-state index in [1.54, 1.807) is 36.3 Å². The summed E-state index contributed by atoms with van der Waals surface area (Å²) in [5, 5.41) is 13.8. The van der Waals surface area contributed by atoms with Crippen molar-refractivity contribution in [3.63, 3.8) is 0 Å². The van der Waals surface area contributed by atoms with E-state index in [2.05, 4.69) is 13.8 Å². The number of carbonyl (C=O) groups excluding carboxylic acids is 2. The number of methoxy groups -OCH3 is 1. The number of ether oxygens (including phenoxy) is 2. The van der Waals surface area contributed by atoms with Crippen LogP contribution in [0.3, 0.4) is 0 Å². The average Bonchev–Trinajstić information content (AvgIpc) is 3.19. The first kappa shape index (κ1) is 26.9. The number of nitrogens with zero attached hydrogens (tertiary/aromatic N) is 1. The molecule has 0 bridgehead atoms. The average molecular weight is 515 g/mol. The summed E-state index contributed by atoms with van der Waals surface area (Å²) >= 11 is 0. The van der Waals surface area contributed by atoms with Crippen LogP contribution in [0.1, 0.15) is 36.6 Å². The lowest BCUT2D eigenvalue weighted by Crippen LogP contribution is -3.12. The van der Waals surface area contributed by atoms with Crippen molar-refractivity contribution in [3.8, 4) is 17.2 Å². The predicted molar refractivity (Wildman–Crippen MR) is 144 cm³/mol. The van der Waals surface area contributed by atoms with Gasteiger partial charge in [-0.15, -0.1) is 0 Å². The molecular formula is C31H34N2O5. The van der Waals surface area contributed by atoms with Crippen molar-refractivity contribution < 1.29 is 29.1 Å². The summed E-state index contributed by atoms with van der Waals surface area (Å²) in [4.78, 5) is 29.5. The maximum Gasteiger partial charge on any atom is 0.295 e. The second-order valence-corrected chi connectivity index (χ2v) is 9.35. The second kappa shape index (κ2) is 12.0. The Kier molecular flexibility index (Phi) is 8.48. The lowest BCUT2D eigenvalue weighted by atomic mass is 9.94. The number of rotatable bonds is 10. The van der Waals surface area contributed by atoms with Gasteiger partial charge in [0.25, 0.3) is 5.91 Å². The van der Waals surface area contributed by atoms with Crippen LogP contribution in [0.4, 0.5) is 0 Å². The second-order valence-electron chi connectivity index (χ2n) is 9.35. The summed E-state index contributed by atoms with van der Waals surface area (Å²) in [5.41, 5.74) is 1.73. The molecule has 7 heteroatoms. The Morgan fingerprint density at radius 3 is 2.32 bits per heavy atom. The van der Waals surface area contributed by atoms with Gasteiger partial charge in [-0.25, -0.2) is 0 Å². The maximum absolute atomic E-state index is 13.8. The monoisotopic (exact) mass is 514 g/mol. The van der Waals surface area contributed by atoms with E-state index in [-0.39, 0.29) is 5.57 Å². The van der Waals surface area contributed by atoms with E-state index >= 15 is 0 Å². The lowest BCUT2D eigenvalue weighted by Gasteiger charge is -2.29. The molecule has 0 radical (unpaired) electrons. The lowest BCUT2D eigenvalue weighted by molar-refractivity contribution is -0.895. The van der Waals surface area contributed by atoms with Gasteiger partial charge in [0.05, 0.1) is 39.3 Å². The molecule has 3 aromatic rings. The van der Waals surface area contributed by atoms with Gasteiger partial charge in [-0.05, 0) is 73.9 Å². The molecule has 4 rings (SSSR count). The molecule has 1 saturated heterocycles. The summed E-state index contributed by atoms with van der Waals surface area (Å²) in [6.45, 7) is 8.84. The van der Waals surface area contributed by atoms with E-state index in [0.29, 0.717) is 41.5 Å². The summed E-state index contributed by atoms with van der Waals surface area (Å²) in [5.74, 6) is 0.0145. The number of likely N-dealkylation sites (N-methyl/N-ethyl adjacent to an activating group) is 1. The minimum atomic E-state index is -0.806. The highest BCUT2D eigenvalue weighted by atomic mass is 16.5. The number of nitrogens with one attached hydrogen (secondary N) is 1. The van der Waals surface area contributed by atoms with E-state index in [9.17, 15) is 14.7 Å². The Hall–Kier alpha value is -4.10. The van der Waals surface area contributed by atoms with Gasteiger partial charge in [-0.1, -0.05) is 42.2 Å². The van der Waals surface area contributed by atoms with Crippen molar-refractivity contribution in [2.45, 2.75) is 26.8 Å². The van der Waals surface area contributed by atoms with Crippen LogP contribution in [0.15, 0.2) is 78.4 Å². The number of ketones is 1. The molecule has 0 aliphatic carbocycles. The molecule has 1 heterocycles. The number of aryl methyl sites for hydroxylation is 1. The highest BCUT2D eigenvalue weighted by Crippen LogP contribution is 2.40. The minimum Gasteiger partial charge on any atom is -0.872 e. The summed E-state index contributed by atoms with van der Waals surface area (Å²) in [7, 11) is 1.56. The Morgan fingerprint density at radius 2 is 1.66 bits per heavy atom.